The molecule has 0 radical (unpaired) electrons. The fourth-order valence-electron chi connectivity index (χ4n) is 4.45. The van der Waals surface area contributed by atoms with E-state index in [1.54, 1.807) is 60.7 Å². The van der Waals surface area contributed by atoms with Crippen molar-refractivity contribution in [2.45, 2.75) is 69.0 Å². The SMILES string of the molecule is CCOc1ccc(N(CC(=O)N(Cc2ccccc2Cl)[C@H](CC)C(=O)N[C@@H](C)CC)S(=O)(=O)c2ccc(SC)cc2)cc1. The van der Waals surface area contributed by atoms with Crippen LogP contribution in [-0.4, -0.2) is 56.6 Å². The Hall–Kier alpha value is -3.21. The van der Waals surface area contributed by atoms with Gasteiger partial charge in [-0.3, -0.25) is 13.9 Å². The summed E-state index contributed by atoms with van der Waals surface area (Å²) in [6.07, 6.45) is 2.95. The lowest BCUT2D eigenvalue weighted by atomic mass is 10.1. The fourth-order valence-corrected chi connectivity index (χ4v) is 6.47. The van der Waals surface area contributed by atoms with Crippen LogP contribution in [0.1, 0.15) is 46.1 Å². The zero-order chi connectivity index (χ0) is 31.6. The van der Waals surface area contributed by atoms with Crippen molar-refractivity contribution in [2.24, 2.45) is 0 Å². The van der Waals surface area contributed by atoms with Crippen molar-refractivity contribution in [3.63, 3.8) is 0 Å². The molecule has 0 aromatic heterocycles. The van der Waals surface area contributed by atoms with E-state index in [0.29, 0.717) is 35.1 Å². The highest BCUT2D eigenvalue weighted by atomic mass is 35.5. The van der Waals surface area contributed by atoms with Crippen LogP contribution in [0, 0.1) is 0 Å². The highest BCUT2D eigenvalue weighted by Gasteiger charge is 2.34. The summed E-state index contributed by atoms with van der Waals surface area (Å²) in [6.45, 7) is 7.49. The Morgan fingerprint density at radius 2 is 1.60 bits per heavy atom. The predicted octanol–water partition coefficient (Wildman–Crippen LogP) is 6.38. The predicted molar refractivity (Wildman–Crippen MR) is 174 cm³/mol. The van der Waals surface area contributed by atoms with Crippen molar-refractivity contribution < 1.29 is 22.7 Å². The van der Waals surface area contributed by atoms with Gasteiger partial charge in [0.05, 0.1) is 17.2 Å². The highest BCUT2D eigenvalue weighted by molar-refractivity contribution is 7.98. The van der Waals surface area contributed by atoms with Crippen molar-refractivity contribution in [1.82, 2.24) is 10.2 Å². The molecule has 0 bridgehead atoms. The van der Waals surface area contributed by atoms with Gasteiger partial charge in [-0.05, 0) is 93.1 Å². The minimum atomic E-state index is -4.18. The molecule has 2 atom stereocenters. The van der Waals surface area contributed by atoms with E-state index < -0.39 is 28.5 Å². The first-order valence-corrected chi connectivity index (χ1v) is 17.3. The monoisotopic (exact) mass is 645 g/mol. The van der Waals surface area contributed by atoms with E-state index in [0.717, 1.165) is 15.6 Å². The van der Waals surface area contributed by atoms with E-state index in [1.165, 1.54) is 28.8 Å². The van der Waals surface area contributed by atoms with Crippen LogP contribution in [0.2, 0.25) is 5.02 Å². The van der Waals surface area contributed by atoms with Crippen LogP contribution in [-0.2, 0) is 26.2 Å². The van der Waals surface area contributed by atoms with Gasteiger partial charge in [-0.2, -0.15) is 0 Å². The number of nitrogens with zero attached hydrogens (tertiary/aromatic N) is 2. The van der Waals surface area contributed by atoms with Crippen LogP contribution in [0.5, 0.6) is 5.75 Å². The summed E-state index contributed by atoms with van der Waals surface area (Å²) < 4.78 is 34.8. The smallest absolute Gasteiger partial charge is 0.264 e. The number of halogens is 1. The largest absolute Gasteiger partial charge is 0.494 e. The maximum absolute atomic E-state index is 14.2. The number of benzene rings is 3. The third-order valence-corrected chi connectivity index (χ3v) is 9.95. The maximum Gasteiger partial charge on any atom is 0.264 e. The number of amides is 2. The van der Waals surface area contributed by atoms with Gasteiger partial charge in [0.1, 0.15) is 18.3 Å². The molecule has 11 heteroatoms. The molecule has 8 nitrogen and oxygen atoms in total. The highest BCUT2D eigenvalue weighted by Crippen LogP contribution is 2.28. The molecule has 0 fully saturated rings. The first-order chi connectivity index (χ1) is 20.5. The summed E-state index contributed by atoms with van der Waals surface area (Å²) in [5, 5.41) is 3.42. The van der Waals surface area contributed by atoms with Crippen molar-refractivity contribution in [3.8, 4) is 5.75 Å². The molecular formula is C32H40ClN3O5S2. The average molecular weight is 646 g/mol. The normalized spacial score (nSPS) is 12.7. The molecule has 3 aromatic rings. The van der Waals surface area contributed by atoms with Crippen LogP contribution in [0.15, 0.2) is 82.6 Å². The molecule has 0 aliphatic heterocycles. The molecule has 0 unspecified atom stereocenters. The van der Waals surface area contributed by atoms with E-state index in [9.17, 15) is 18.0 Å². The molecule has 43 heavy (non-hydrogen) atoms. The molecule has 0 aliphatic rings. The Bertz CT molecular complexity index is 1470. The summed E-state index contributed by atoms with van der Waals surface area (Å²) in [6, 6.07) is 19.2. The van der Waals surface area contributed by atoms with Gasteiger partial charge < -0.3 is 15.0 Å². The van der Waals surface area contributed by atoms with Gasteiger partial charge in [0.25, 0.3) is 10.0 Å². The van der Waals surface area contributed by atoms with Crippen LogP contribution in [0.25, 0.3) is 0 Å². The Morgan fingerprint density at radius 3 is 2.16 bits per heavy atom. The van der Waals surface area contributed by atoms with Crippen LogP contribution in [0.4, 0.5) is 5.69 Å². The van der Waals surface area contributed by atoms with E-state index in [2.05, 4.69) is 5.32 Å². The number of carbonyl (C=O) groups is 2. The average Bonchev–Trinajstić information content (AvgIpc) is 3.01. The quantitative estimate of drug-likeness (QED) is 0.193. The molecule has 3 rings (SSSR count). The number of nitrogens with one attached hydrogen (secondary N) is 1. The van der Waals surface area contributed by atoms with Crippen LogP contribution in [0.3, 0.4) is 0 Å². The maximum atomic E-state index is 14.2. The topological polar surface area (TPSA) is 96.0 Å². The molecule has 3 aromatic carbocycles. The molecule has 0 saturated heterocycles. The molecule has 2 amide bonds. The second kappa shape index (κ2) is 16.0. The van der Waals surface area contributed by atoms with Crippen molar-refractivity contribution in [1.29, 1.82) is 0 Å². The minimum absolute atomic E-state index is 0.0323. The number of anilines is 1. The van der Waals surface area contributed by atoms with Crippen molar-refractivity contribution in [2.75, 3.05) is 23.7 Å². The van der Waals surface area contributed by atoms with E-state index in [4.69, 9.17) is 16.3 Å². The molecular weight excluding hydrogens is 606 g/mol. The van der Waals surface area contributed by atoms with Gasteiger partial charge in [-0.25, -0.2) is 8.42 Å². The van der Waals surface area contributed by atoms with E-state index in [1.807, 2.05) is 34.0 Å². The molecule has 0 heterocycles. The molecule has 0 saturated carbocycles. The Balaban J connectivity index is 2.08. The number of carbonyl (C=O) groups excluding carboxylic acids is 2. The van der Waals surface area contributed by atoms with Crippen LogP contribution >= 0.6 is 23.4 Å². The van der Waals surface area contributed by atoms with Gasteiger partial charge in [-0.1, -0.05) is 43.6 Å². The summed E-state index contributed by atoms with van der Waals surface area (Å²) in [7, 11) is -4.18. The number of sulfonamides is 1. The second-order valence-corrected chi connectivity index (χ2v) is 13.1. The van der Waals surface area contributed by atoms with Gasteiger partial charge in [-0.15, -0.1) is 11.8 Å². The summed E-state index contributed by atoms with van der Waals surface area (Å²) in [5.41, 5.74) is 0.941. The zero-order valence-electron chi connectivity index (χ0n) is 25.2. The third kappa shape index (κ3) is 8.90. The zero-order valence-corrected chi connectivity index (χ0v) is 27.6. The molecule has 0 aliphatic carbocycles. The van der Waals surface area contributed by atoms with Gasteiger partial charge in [0.15, 0.2) is 0 Å². The van der Waals surface area contributed by atoms with Crippen molar-refractivity contribution >= 4 is 50.9 Å². The van der Waals surface area contributed by atoms with E-state index >= 15 is 0 Å². The summed E-state index contributed by atoms with van der Waals surface area (Å²) >= 11 is 7.97. The molecule has 1 N–H and O–H groups in total. The second-order valence-electron chi connectivity index (χ2n) is 9.97. The number of ether oxygens (including phenoxy) is 1. The number of hydrogen-bond acceptors (Lipinski definition) is 6. The summed E-state index contributed by atoms with van der Waals surface area (Å²) in [4.78, 5) is 30.0. The fraction of sp³-hybridized carbons (Fsp3) is 0.375. The first-order valence-electron chi connectivity index (χ1n) is 14.3. The lowest BCUT2D eigenvalue weighted by Gasteiger charge is -2.34. The summed E-state index contributed by atoms with van der Waals surface area (Å²) in [5.74, 6) is -0.267. The molecule has 232 valence electrons. The lowest BCUT2D eigenvalue weighted by molar-refractivity contribution is -0.140. The third-order valence-electron chi connectivity index (χ3n) is 7.05. The van der Waals surface area contributed by atoms with E-state index in [-0.39, 0.29) is 23.4 Å². The number of hydrogen-bond donors (Lipinski definition) is 1. The van der Waals surface area contributed by atoms with Crippen molar-refractivity contribution in [3.05, 3.63) is 83.4 Å². The molecule has 0 spiro atoms. The van der Waals surface area contributed by atoms with Gasteiger partial charge in [0.2, 0.25) is 11.8 Å². The number of rotatable bonds is 15. The lowest BCUT2D eigenvalue weighted by Crippen LogP contribution is -2.53. The van der Waals surface area contributed by atoms with Gasteiger partial charge in [0, 0.05) is 22.5 Å². The standard InChI is InChI=1S/C32H40ClN3O5S2/c1-6-23(4)34-32(38)30(7-2)35(21-24-11-9-10-12-29(24)33)31(37)22-36(25-13-15-26(16-14-25)41-8-3)43(39,40)28-19-17-27(42-5)18-20-28/h9-20,23,30H,6-8,21-22H2,1-5H3,(H,34,38)/t23-,30+/m0/s1. The van der Waals surface area contributed by atoms with Crippen LogP contribution < -0.4 is 14.4 Å². The number of thioether (sulfide) groups is 1. The first kappa shape index (κ1) is 34.3. The minimum Gasteiger partial charge on any atom is -0.494 e. The van der Waals surface area contributed by atoms with Gasteiger partial charge >= 0.3 is 0 Å². The Labute approximate surface area is 264 Å². The Kier molecular flexibility index (Phi) is 12.8. The Morgan fingerprint density at radius 1 is 0.953 bits per heavy atom.